The normalized spacial score (nSPS) is 19.4. The first-order chi connectivity index (χ1) is 8.41. The molecule has 1 aliphatic heterocycles. The SMILES string of the molecule is O=C(O)c1c(F)ccc(N2CC(O)CC2=O)c1F. The first kappa shape index (κ1) is 12.4. The largest absolute Gasteiger partial charge is 0.477 e. The second kappa shape index (κ2) is 4.34. The van der Waals surface area contributed by atoms with E-state index in [0.717, 1.165) is 17.0 Å². The third-order valence-corrected chi connectivity index (χ3v) is 2.68. The molecule has 0 aromatic heterocycles. The number of aliphatic hydroxyl groups excluding tert-OH is 1. The zero-order chi connectivity index (χ0) is 13.4. The quantitative estimate of drug-likeness (QED) is 0.820. The summed E-state index contributed by atoms with van der Waals surface area (Å²) >= 11 is 0. The lowest BCUT2D eigenvalue weighted by molar-refractivity contribution is -0.117. The summed E-state index contributed by atoms with van der Waals surface area (Å²) in [5.41, 5.74) is -1.45. The van der Waals surface area contributed by atoms with Crippen LogP contribution in [-0.2, 0) is 4.79 Å². The summed E-state index contributed by atoms with van der Waals surface area (Å²) in [6.45, 7) is -0.138. The Kier molecular flexibility index (Phi) is 3.00. The van der Waals surface area contributed by atoms with Gasteiger partial charge in [-0.15, -0.1) is 0 Å². The minimum absolute atomic E-state index is 0.138. The van der Waals surface area contributed by atoms with Crippen molar-refractivity contribution < 1.29 is 28.6 Å². The maximum Gasteiger partial charge on any atom is 0.341 e. The Morgan fingerprint density at radius 2 is 2.06 bits per heavy atom. The van der Waals surface area contributed by atoms with Crippen molar-refractivity contribution in [2.24, 2.45) is 0 Å². The molecular formula is C11H9F2NO4. The van der Waals surface area contributed by atoms with Gasteiger partial charge in [-0.3, -0.25) is 4.79 Å². The third kappa shape index (κ3) is 1.92. The highest BCUT2D eigenvalue weighted by Crippen LogP contribution is 2.28. The number of β-amino-alcohol motifs (C(OH)–C–C–N with tert-alkyl or cyclic N) is 1. The zero-order valence-corrected chi connectivity index (χ0v) is 9.06. The number of amides is 1. The second-order valence-electron chi connectivity index (χ2n) is 3.92. The molecule has 1 aromatic carbocycles. The Morgan fingerprint density at radius 3 is 2.56 bits per heavy atom. The Hall–Kier alpha value is -2.02. The van der Waals surface area contributed by atoms with Gasteiger partial charge in [-0.05, 0) is 12.1 Å². The molecule has 0 spiro atoms. The van der Waals surface area contributed by atoms with Gasteiger partial charge in [0.15, 0.2) is 5.82 Å². The van der Waals surface area contributed by atoms with Crippen LogP contribution in [0.25, 0.3) is 0 Å². The van der Waals surface area contributed by atoms with E-state index in [4.69, 9.17) is 5.11 Å². The lowest BCUT2D eigenvalue weighted by Crippen LogP contribution is -2.27. The molecular weight excluding hydrogens is 248 g/mol. The molecule has 1 amide bonds. The number of hydrogen-bond donors (Lipinski definition) is 2. The summed E-state index contributed by atoms with van der Waals surface area (Å²) < 4.78 is 27.0. The van der Waals surface area contributed by atoms with E-state index in [1.54, 1.807) is 0 Å². The van der Waals surface area contributed by atoms with Gasteiger partial charge in [0.1, 0.15) is 11.4 Å². The highest BCUT2D eigenvalue weighted by molar-refractivity contribution is 5.98. The van der Waals surface area contributed by atoms with Gasteiger partial charge in [-0.1, -0.05) is 0 Å². The van der Waals surface area contributed by atoms with Crippen molar-refractivity contribution in [1.29, 1.82) is 0 Å². The number of carboxylic acids is 1. The van der Waals surface area contributed by atoms with Crippen molar-refractivity contribution in [2.45, 2.75) is 12.5 Å². The van der Waals surface area contributed by atoms with E-state index >= 15 is 0 Å². The van der Waals surface area contributed by atoms with Crippen molar-refractivity contribution in [3.63, 3.8) is 0 Å². The van der Waals surface area contributed by atoms with E-state index in [2.05, 4.69) is 0 Å². The third-order valence-electron chi connectivity index (χ3n) is 2.68. The van der Waals surface area contributed by atoms with Crippen LogP contribution in [0.15, 0.2) is 12.1 Å². The maximum absolute atomic E-state index is 13.8. The second-order valence-corrected chi connectivity index (χ2v) is 3.92. The van der Waals surface area contributed by atoms with Crippen LogP contribution in [0, 0.1) is 11.6 Å². The number of anilines is 1. The predicted molar refractivity (Wildman–Crippen MR) is 56.3 cm³/mol. The molecule has 1 fully saturated rings. The van der Waals surface area contributed by atoms with Crippen LogP contribution >= 0.6 is 0 Å². The Morgan fingerprint density at radius 1 is 1.39 bits per heavy atom. The summed E-state index contributed by atoms with van der Waals surface area (Å²) in [5.74, 6) is -4.82. The van der Waals surface area contributed by atoms with E-state index < -0.39 is 35.2 Å². The van der Waals surface area contributed by atoms with E-state index in [1.165, 1.54) is 0 Å². The summed E-state index contributed by atoms with van der Waals surface area (Å²) in [5, 5.41) is 18.0. The number of carbonyl (C=O) groups excluding carboxylic acids is 1. The molecule has 1 heterocycles. The minimum Gasteiger partial charge on any atom is -0.477 e. The standard InChI is InChI=1S/C11H9F2NO4/c12-6-1-2-7(10(13)9(6)11(17)18)14-4-5(15)3-8(14)16/h1-2,5,15H,3-4H2,(H,17,18). The molecule has 2 rings (SSSR count). The van der Waals surface area contributed by atoms with Gasteiger partial charge in [0.2, 0.25) is 5.91 Å². The van der Waals surface area contributed by atoms with Crippen molar-refractivity contribution >= 4 is 17.6 Å². The monoisotopic (exact) mass is 257 g/mol. The van der Waals surface area contributed by atoms with Crippen LogP contribution in [0.2, 0.25) is 0 Å². The van der Waals surface area contributed by atoms with Crippen LogP contribution < -0.4 is 4.90 Å². The number of hydrogen-bond acceptors (Lipinski definition) is 3. The fourth-order valence-electron chi connectivity index (χ4n) is 1.87. The van der Waals surface area contributed by atoms with Crippen LogP contribution in [0.3, 0.4) is 0 Å². The Labute approximate surface area is 100 Å². The number of nitrogens with zero attached hydrogens (tertiary/aromatic N) is 1. The summed E-state index contributed by atoms with van der Waals surface area (Å²) in [6, 6.07) is 1.76. The molecule has 96 valence electrons. The summed E-state index contributed by atoms with van der Waals surface area (Å²) in [7, 11) is 0. The van der Waals surface area contributed by atoms with Crippen LogP contribution in [0.1, 0.15) is 16.8 Å². The number of aliphatic hydroxyl groups is 1. The number of halogens is 2. The molecule has 0 saturated carbocycles. The highest BCUT2D eigenvalue weighted by atomic mass is 19.1. The number of benzene rings is 1. The molecule has 1 atom stereocenters. The van der Waals surface area contributed by atoms with Gasteiger partial charge < -0.3 is 15.1 Å². The van der Waals surface area contributed by atoms with Gasteiger partial charge in [-0.2, -0.15) is 0 Å². The lowest BCUT2D eigenvalue weighted by Gasteiger charge is -2.17. The summed E-state index contributed by atoms with van der Waals surface area (Å²) in [4.78, 5) is 23.1. The smallest absolute Gasteiger partial charge is 0.341 e. The highest BCUT2D eigenvalue weighted by Gasteiger charge is 2.32. The molecule has 1 aromatic rings. The molecule has 1 aliphatic rings. The lowest BCUT2D eigenvalue weighted by atomic mass is 10.1. The van der Waals surface area contributed by atoms with Crippen molar-refractivity contribution in [3.8, 4) is 0 Å². The van der Waals surface area contributed by atoms with Gasteiger partial charge in [0.05, 0.1) is 24.8 Å². The summed E-state index contributed by atoms with van der Waals surface area (Å²) in [6.07, 6.45) is -1.10. The van der Waals surface area contributed by atoms with E-state index in [1.807, 2.05) is 0 Å². The van der Waals surface area contributed by atoms with Crippen molar-refractivity contribution in [2.75, 3.05) is 11.4 Å². The van der Waals surface area contributed by atoms with Crippen molar-refractivity contribution in [3.05, 3.63) is 29.3 Å². The number of rotatable bonds is 2. The number of carbonyl (C=O) groups is 2. The fourth-order valence-corrected chi connectivity index (χ4v) is 1.87. The van der Waals surface area contributed by atoms with Gasteiger partial charge in [0.25, 0.3) is 0 Å². The maximum atomic E-state index is 13.8. The average Bonchev–Trinajstić information content (AvgIpc) is 2.57. The molecule has 2 N–H and O–H groups in total. The van der Waals surface area contributed by atoms with Gasteiger partial charge in [0, 0.05) is 0 Å². The van der Waals surface area contributed by atoms with E-state index in [0.29, 0.717) is 0 Å². The molecule has 0 bridgehead atoms. The van der Waals surface area contributed by atoms with E-state index in [9.17, 15) is 23.5 Å². The van der Waals surface area contributed by atoms with Crippen molar-refractivity contribution in [1.82, 2.24) is 0 Å². The molecule has 18 heavy (non-hydrogen) atoms. The van der Waals surface area contributed by atoms with Crippen LogP contribution in [0.4, 0.5) is 14.5 Å². The predicted octanol–water partition coefficient (Wildman–Crippen LogP) is 0.761. The van der Waals surface area contributed by atoms with E-state index in [-0.39, 0.29) is 18.7 Å². The van der Waals surface area contributed by atoms with Gasteiger partial charge in [-0.25, -0.2) is 13.6 Å². The molecule has 1 unspecified atom stereocenters. The molecule has 7 heteroatoms. The number of aromatic carboxylic acids is 1. The fraction of sp³-hybridized carbons (Fsp3) is 0.273. The first-order valence-electron chi connectivity index (χ1n) is 5.11. The van der Waals surface area contributed by atoms with Crippen LogP contribution in [-0.4, -0.2) is 34.7 Å². The zero-order valence-electron chi connectivity index (χ0n) is 9.06. The Balaban J connectivity index is 2.50. The topological polar surface area (TPSA) is 77.8 Å². The molecule has 0 radical (unpaired) electrons. The first-order valence-corrected chi connectivity index (χ1v) is 5.11. The molecule has 5 nitrogen and oxygen atoms in total. The average molecular weight is 257 g/mol. The van der Waals surface area contributed by atoms with Crippen LogP contribution in [0.5, 0.6) is 0 Å². The Bertz CT molecular complexity index is 532. The number of carboxylic acid groups (broad SMARTS) is 1. The molecule has 1 saturated heterocycles. The van der Waals surface area contributed by atoms with Gasteiger partial charge >= 0.3 is 5.97 Å². The minimum atomic E-state index is -1.75. The molecule has 0 aliphatic carbocycles.